The monoisotopic (exact) mass is 300 g/mol. The number of nitrogens with zero attached hydrogens (tertiary/aromatic N) is 2. The maximum atomic E-state index is 13.0. The molecule has 0 aliphatic carbocycles. The van der Waals surface area contributed by atoms with Gasteiger partial charge in [0.2, 0.25) is 5.91 Å². The van der Waals surface area contributed by atoms with Gasteiger partial charge in [0.1, 0.15) is 5.75 Å². The summed E-state index contributed by atoms with van der Waals surface area (Å²) in [5, 5.41) is 0. The van der Waals surface area contributed by atoms with Crippen LogP contribution < -0.4 is 4.74 Å². The Labute approximate surface area is 132 Å². The Bertz CT molecular complexity index is 554. The number of carbonyl (C=O) groups excluding carboxylic acids is 1. The lowest BCUT2D eigenvalue weighted by Gasteiger charge is -2.29. The van der Waals surface area contributed by atoms with Gasteiger partial charge in [0, 0.05) is 24.7 Å². The fourth-order valence-corrected chi connectivity index (χ4v) is 4.17. The van der Waals surface area contributed by atoms with Crippen molar-refractivity contribution in [3.8, 4) is 5.75 Å². The van der Waals surface area contributed by atoms with E-state index in [9.17, 15) is 4.79 Å². The van der Waals surface area contributed by atoms with Crippen molar-refractivity contribution in [2.45, 2.75) is 37.6 Å². The minimum atomic E-state index is -0.0118. The maximum absolute atomic E-state index is 13.0. The molecular formula is C18H24N2O2. The van der Waals surface area contributed by atoms with Gasteiger partial charge in [-0.1, -0.05) is 18.2 Å². The van der Waals surface area contributed by atoms with Gasteiger partial charge in [-0.2, -0.15) is 0 Å². The highest BCUT2D eigenvalue weighted by Gasteiger charge is 2.36. The van der Waals surface area contributed by atoms with Crippen molar-refractivity contribution >= 4 is 5.91 Å². The van der Waals surface area contributed by atoms with Crippen molar-refractivity contribution in [1.29, 1.82) is 0 Å². The second kappa shape index (κ2) is 5.92. The molecule has 2 fully saturated rings. The summed E-state index contributed by atoms with van der Waals surface area (Å²) in [5.74, 6) is 1.18. The number of hydrogen-bond donors (Lipinski definition) is 0. The summed E-state index contributed by atoms with van der Waals surface area (Å²) < 4.78 is 5.69. The van der Waals surface area contributed by atoms with Gasteiger partial charge in [0.25, 0.3) is 0 Å². The summed E-state index contributed by atoms with van der Waals surface area (Å²) in [5.41, 5.74) is 1.07. The average Bonchev–Trinajstić information content (AvgIpc) is 3.24. The zero-order chi connectivity index (χ0) is 14.9. The number of rotatable bonds is 2. The van der Waals surface area contributed by atoms with Gasteiger partial charge in [0.05, 0.1) is 12.5 Å². The third-order valence-corrected chi connectivity index (χ3v) is 5.39. The Kier molecular flexibility index (Phi) is 3.78. The summed E-state index contributed by atoms with van der Waals surface area (Å²) in [4.78, 5) is 17.6. The van der Waals surface area contributed by atoms with Crippen molar-refractivity contribution in [2.24, 2.45) is 0 Å². The SMILES string of the molecule is O=C(C1CCOc2ccccc21)N1CCC(N2CCCC2)C1. The molecule has 1 aromatic rings. The molecule has 4 heteroatoms. The Balaban J connectivity index is 1.47. The molecule has 0 N–H and O–H groups in total. The van der Waals surface area contributed by atoms with Gasteiger partial charge < -0.3 is 9.64 Å². The minimum absolute atomic E-state index is 0.0118. The van der Waals surface area contributed by atoms with Gasteiger partial charge in [-0.15, -0.1) is 0 Å². The molecule has 1 amide bonds. The summed E-state index contributed by atoms with van der Waals surface area (Å²) >= 11 is 0. The highest BCUT2D eigenvalue weighted by Crippen LogP contribution is 2.35. The number of likely N-dealkylation sites (tertiary alicyclic amines) is 2. The molecule has 0 spiro atoms. The fourth-order valence-electron chi connectivity index (χ4n) is 4.17. The molecule has 3 aliphatic rings. The van der Waals surface area contributed by atoms with E-state index in [4.69, 9.17) is 4.74 Å². The number of para-hydroxylation sites is 1. The van der Waals surface area contributed by atoms with E-state index >= 15 is 0 Å². The molecule has 0 saturated carbocycles. The van der Waals surface area contributed by atoms with Crippen LogP contribution in [0.4, 0.5) is 0 Å². The molecule has 2 atom stereocenters. The standard InChI is InChI=1S/C18H24N2O2/c21-18(16-8-12-22-17-6-2-1-5-15(16)17)20-11-7-14(13-20)19-9-3-4-10-19/h1-2,5-6,14,16H,3-4,7-13H2. The number of benzene rings is 1. The first kappa shape index (κ1) is 14.1. The lowest BCUT2D eigenvalue weighted by atomic mass is 9.92. The molecular weight excluding hydrogens is 276 g/mol. The van der Waals surface area contributed by atoms with E-state index in [-0.39, 0.29) is 5.92 Å². The van der Waals surface area contributed by atoms with Gasteiger partial charge in [-0.25, -0.2) is 0 Å². The summed E-state index contributed by atoms with van der Waals surface area (Å²) in [6.07, 6.45) is 4.58. The van der Waals surface area contributed by atoms with E-state index in [2.05, 4.69) is 9.80 Å². The van der Waals surface area contributed by atoms with Gasteiger partial charge >= 0.3 is 0 Å². The first-order chi connectivity index (χ1) is 10.8. The zero-order valence-electron chi connectivity index (χ0n) is 13.0. The van der Waals surface area contributed by atoms with E-state index < -0.39 is 0 Å². The minimum Gasteiger partial charge on any atom is -0.493 e. The molecule has 4 rings (SSSR count). The number of ether oxygens (including phenoxy) is 1. The van der Waals surface area contributed by atoms with Crippen LogP contribution in [0.15, 0.2) is 24.3 Å². The smallest absolute Gasteiger partial charge is 0.230 e. The molecule has 3 aliphatic heterocycles. The van der Waals surface area contributed by atoms with Crippen molar-refractivity contribution in [2.75, 3.05) is 32.8 Å². The van der Waals surface area contributed by atoms with Crippen molar-refractivity contribution in [1.82, 2.24) is 9.80 Å². The van der Waals surface area contributed by atoms with Crippen LogP contribution in [0.5, 0.6) is 5.75 Å². The number of hydrogen-bond acceptors (Lipinski definition) is 3. The highest BCUT2D eigenvalue weighted by atomic mass is 16.5. The van der Waals surface area contributed by atoms with Crippen LogP contribution in [-0.4, -0.2) is 54.5 Å². The molecule has 0 aromatic heterocycles. The average molecular weight is 300 g/mol. The van der Waals surface area contributed by atoms with E-state index in [1.807, 2.05) is 24.3 Å². The molecule has 0 radical (unpaired) electrons. The lowest BCUT2D eigenvalue weighted by molar-refractivity contribution is -0.132. The summed E-state index contributed by atoms with van der Waals surface area (Å²) in [6.45, 7) is 4.91. The van der Waals surface area contributed by atoms with Crippen LogP contribution >= 0.6 is 0 Å². The van der Waals surface area contributed by atoms with Crippen LogP contribution in [0.1, 0.15) is 37.2 Å². The lowest BCUT2D eigenvalue weighted by Crippen LogP contribution is -2.39. The third kappa shape index (κ3) is 2.50. The Hall–Kier alpha value is -1.55. The molecule has 3 heterocycles. The van der Waals surface area contributed by atoms with Gasteiger partial charge in [-0.3, -0.25) is 9.69 Å². The first-order valence-corrected chi connectivity index (χ1v) is 8.57. The maximum Gasteiger partial charge on any atom is 0.230 e. The quantitative estimate of drug-likeness (QED) is 0.840. The Morgan fingerprint density at radius 3 is 2.77 bits per heavy atom. The second-order valence-electron chi connectivity index (χ2n) is 6.70. The molecule has 2 saturated heterocycles. The summed E-state index contributed by atoms with van der Waals surface area (Å²) in [7, 11) is 0. The van der Waals surface area contributed by atoms with E-state index in [0.717, 1.165) is 37.2 Å². The van der Waals surface area contributed by atoms with E-state index in [1.165, 1.54) is 25.9 Å². The number of fused-ring (bicyclic) bond motifs is 1. The van der Waals surface area contributed by atoms with E-state index in [0.29, 0.717) is 18.6 Å². The third-order valence-electron chi connectivity index (χ3n) is 5.39. The van der Waals surface area contributed by atoms with Crippen LogP contribution in [0.25, 0.3) is 0 Å². The van der Waals surface area contributed by atoms with Crippen LogP contribution in [0.2, 0.25) is 0 Å². The van der Waals surface area contributed by atoms with E-state index in [1.54, 1.807) is 0 Å². The highest BCUT2D eigenvalue weighted by molar-refractivity contribution is 5.85. The van der Waals surface area contributed by atoms with Crippen molar-refractivity contribution < 1.29 is 9.53 Å². The molecule has 4 nitrogen and oxygen atoms in total. The second-order valence-corrected chi connectivity index (χ2v) is 6.70. The fraction of sp³-hybridized carbons (Fsp3) is 0.611. The van der Waals surface area contributed by atoms with Crippen LogP contribution in [0, 0.1) is 0 Å². The topological polar surface area (TPSA) is 32.8 Å². The summed E-state index contributed by atoms with van der Waals surface area (Å²) in [6, 6.07) is 8.59. The van der Waals surface area contributed by atoms with Gasteiger partial charge in [-0.05, 0) is 44.8 Å². The molecule has 2 unspecified atom stereocenters. The zero-order valence-corrected chi connectivity index (χ0v) is 13.0. The largest absolute Gasteiger partial charge is 0.493 e. The predicted molar refractivity (Wildman–Crippen MR) is 85.1 cm³/mol. The van der Waals surface area contributed by atoms with Gasteiger partial charge in [0.15, 0.2) is 0 Å². The van der Waals surface area contributed by atoms with Crippen molar-refractivity contribution in [3.63, 3.8) is 0 Å². The molecule has 118 valence electrons. The first-order valence-electron chi connectivity index (χ1n) is 8.57. The van der Waals surface area contributed by atoms with Crippen LogP contribution in [-0.2, 0) is 4.79 Å². The Morgan fingerprint density at radius 1 is 1.09 bits per heavy atom. The Morgan fingerprint density at radius 2 is 1.91 bits per heavy atom. The normalized spacial score (nSPS) is 28.5. The number of carbonyl (C=O) groups is 1. The van der Waals surface area contributed by atoms with Crippen molar-refractivity contribution in [3.05, 3.63) is 29.8 Å². The molecule has 22 heavy (non-hydrogen) atoms. The predicted octanol–water partition coefficient (Wildman–Crippen LogP) is 2.25. The molecule has 1 aromatic carbocycles. The number of amides is 1. The molecule has 0 bridgehead atoms. The van der Waals surface area contributed by atoms with Crippen LogP contribution in [0.3, 0.4) is 0 Å².